The number of carbonyl (C=O) groups is 2. The van der Waals surface area contributed by atoms with Crippen molar-refractivity contribution in [2.24, 2.45) is 5.10 Å². The number of benzene rings is 2. The van der Waals surface area contributed by atoms with Crippen LogP contribution >= 0.6 is 0 Å². The zero-order chi connectivity index (χ0) is 16.6. The standard InChI is InChI=1S/C16H11FN2O4.ClH/c17-12-5-4-9(6-11(12)16(22)23)8-19-15-10(14(21)7-18-19)2-1-3-13(15)20;/h1-7,20H,8H2,(H,22,23);1H. The van der Waals surface area contributed by atoms with Gasteiger partial charge in [0.1, 0.15) is 18.6 Å². The molecule has 8 heteroatoms. The number of nitrogens with zero attached hydrogens (tertiary/aromatic N) is 1. The fourth-order valence-electron chi connectivity index (χ4n) is 2.49. The van der Waals surface area contributed by atoms with E-state index in [9.17, 15) is 19.1 Å². The Bertz CT molecular complexity index is 854. The molecule has 0 aromatic heterocycles. The van der Waals surface area contributed by atoms with E-state index in [1.807, 2.05) is 0 Å². The van der Waals surface area contributed by atoms with Crippen molar-refractivity contribution in [2.45, 2.75) is 6.54 Å². The van der Waals surface area contributed by atoms with Gasteiger partial charge in [-0.25, -0.2) is 9.18 Å². The SMILES string of the molecule is O=C(O)c1cc(C[NH+]2N=CC(=O)c3cccc(O)c32)ccc1F.[Cl-]. The highest BCUT2D eigenvalue weighted by Gasteiger charge is 2.29. The highest BCUT2D eigenvalue weighted by atomic mass is 35.5. The fraction of sp³-hybridized carbons (Fsp3) is 0.0625. The number of halogens is 2. The van der Waals surface area contributed by atoms with E-state index >= 15 is 0 Å². The lowest BCUT2D eigenvalue weighted by atomic mass is 10.1. The van der Waals surface area contributed by atoms with E-state index in [1.54, 1.807) is 12.1 Å². The molecule has 2 aromatic carbocycles. The van der Waals surface area contributed by atoms with Crippen LogP contribution in [0.1, 0.15) is 26.3 Å². The second-order valence-electron chi connectivity index (χ2n) is 5.06. The number of para-hydroxylation sites is 1. The minimum absolute atomic E-state index is 0. The molecule has 6 nitrogen and oxygen atoms in total. The van der Waals surface area contributed by atoms with Crippen LogP contribution in [0.3, 0.4) is 0 Å². The highest BCUT2D eigenvalue weighted by molar-refractivity contribution is 6.37. The van der Waals surface area contributed by atoms with E-state index in [4.69, 9.17) is 5.11 Å². The molecule has 1 atom stereocenters. The predicted molar refractivity (Wildman–Crippen MR) is 78.6 cm³/mol. The third-order valence-electron chi connectivity index (χ3n) is 3.57. The number of carbonyl (C=O) groups excluding carboxylic acids is 1. The molecular weight excluding hydrogens is 339 g/mol. The first-order valence-corrected chi connectivity index (χ1v) is 6.75. The van der Waals surface area contributed by atoms with Gasteiger partial charge in [0.15, 0.2) is 5.75 Å². The van der Waals surface area contributed by atoms with Gasteiger partial charge in [-0.15, -0.1) is 0 Å². The summed E-state index contributed by atoms with van der Waals surface area (Å²) in [4.78, 5) is 22.8. The van der Waals surface area contributed by atoms with E-state index in [0.29, 0.717) is 21.8 Å². The molecule has 0 amide bonds. The summed E-state index contributed by atoms with van der Waals surface area (Å²) < 4.78 is 13.5. The summed E-state index contributed by atoms with van der Waals surface area (Å²) in [5, 5.41) is 23.4. The molecule has 3 N–H and O–H groups in total. The number of rotatable bonds is 3. The van der Waals surface area contributed by atoms with Crippen molar-refractivity contribution in [3.63, 3.8) is 0 Å². The Morgan fingerprint density at radius 1 is 1.25 bits per heavy atom. The summed E-state index contributed by atoms with van der Waals surface area (Å²) in [6.45, 7) is 0.162. The zero-order valence-corrected chi connectivity index (χ0v) is 12.9. The second-order valence-corrected chi connectivity index (χ2v) is 5.06. The van der Waals surface area contributed by atoms with Crippen LogP contribution in [0, 0.1) is 5.82 Å². The minimum atomic E-state index is -1.36. The van der Waals surface area contributed by atoms with Gasteiger partial charge in [0.25, 0.3) is 0 Å². The lowest BCUT2D eigenvalue weighted by Crippen LogP contribution is -3.01. The molecule has 0 bridgehead atoms. The first-order valence-electron chi connectivity index (χ1n) is 6.75. The van der Waals surface area contributed by atoms with Crippen molar-refractivity contribution in [3.05, 3.63) is 58.9 Å². The molecule has 1 unspecified atom stereocenters. The van der Waals surface area contributed by atoms with Crippen molar-refractivity contribution >= 4 is 23.7 Å². The molecule has 0 aliphatic carbocycles. The van der Waals surface area contributed by atoms with Gasteiger partial charge in [-0.2, -0.15) is 5.01 Å². The van der Waals surface area contributed by atoms with Crippen LogP contribution < -0.4 is 17.4 Å². The van der Waals surface area contributed by atoms with Gasteiger partial charge in [0.05, 0.1) is 11.1 Å². The number of Topliss-reactive ketones (excluding diaryl/α,β-unsaturated/α-hetero) is 1. The van der Waals surface area contributed by atoms with Crippen molar-refractivity contribution in [1.29, 1.82) is 0 Å². The molecule has 2 aromatic rings. The monoisotopic (exact) mass is 350 g/mol. The third-order valence-corrected chi connectivity index (χ3v) is 3.57. The lowest BCUT2D eigenvalue weighted by Gasteiger charge is -2.19. The zero-order valence-electron chi connectivity index (χ0n) is 12.2. The maximum absolute atomic E-state index is 13.5. The topological polar surface area (TPSA) is 91.4 Å². The molecule has 124 valence electrons. The highest BCUT2D eigenvalue weighted by Crippen LogP contribution is 2.25. The van der Waals surface area contributed by atoms with E-state index in [1.165, 1.54) is 18.2 Å². The molecule has 0 saturated carbocycles. The van der Waals surface area contributed by atoms with Crippen LogP contribution in [0.4, 0.5) is 10.1 Å². The number of ketones is 1. The second kappa shape index (κ2) is 6.77. The molecule has 1 heterocycles. The Hall–Kier alpha value is -2.77. The number of quaternary nitrogens is 1. The van der Waals surface area contributed by atoms with Crippen LogP contribution in [0.25, 0.3) is 0 Å². The molecule has 0 fully saturated rings. The molecule has 1 aliphatic heterocycles. The molecule has 1 aliphatic rings. The van der Waals surface area contributed by atoms with E-state index in [-0.39, 0.29) is 30.5 Å². The van der Waals surface area contributed by atoms with Crippen molar-refractivity contribution in [2.75, 3.05) is 0 Å². The Labute approximate surface area is 142 Å². The van der Waals surface area contributed by atoms with Gasteiger partial charge in [0.2, 0.25) is 11.5 Å². The first-order chi connectivity index (χ1) is 11.0. The Kier molecular flexibility index (Phi) is 4.96. The summed E-state index contributed by atoms with van der Waals surface area (Å²) in [5.74, 6) is -2.58. The van der Waals surface area contributed by atoms with Gasteiger partial charge < -0.3 is 22.6 Å². The van der Waals surface area contributed by atoms with Gasteiger partial charge in [-0.3, -0.25) is 4.79 Å². The maximum Gasteiger partial charge on any atom is 0.338 e. The third kappa shape index (κ3) is 3.12. The van der Waals surface area contributed by atoms with Crippen LogP contribution in [0.2, 0.25) is 0 Å². The molecular formula is C16H12ClFN2O4. The number of aromatic carboxylic acids is 1. The number of phenolic OH excluding ortho intramolecular Hbond substituents is 1. The Morgan fingerprint density at radius 3 is 2.71 bits per heavy atom. The van der Waals surface area contributed by atoms with Gasteiger partial charge in [-0.1, -0.05) is 17.2 Å². The predicted octanol–water partition coefficient (Wildman–Crippen LogP) is -1.87. The molecule has 0 radical (unpaired) electrons. The van der Waals surface area contributed by atoms with Crippen LogP contribution in [0.15, 0.2) is 41.5 Å². The van der Waals surface area contributed by atoms with E-state index in [0.717, 1.165) is 12.3 Å². The van der Waals surface area contributed by atoms with Crippen molar-refractivity contribution < 1.29 is 41.6 Å². The Morgan fingerprint density at radius 2 is 2.00 bits per heavy atom. The number of fused-ring (bicyclic) bond motifs is 1. The first kappa shape index (κ1) is 17.6. The quantitative estimate of drug-likeness (QED) is 0.566. The molecule has 0 spiro atoms. The number of hydrogen-bond donors (Lipinski definition) is 3. The molecule has 24 heavy (non-hydrogen) atoms. The summed E-state index contributed by atoms with van der Waals surface area (Å²) in [6, 6.07) is 8.32. The number of phenols is 1. The molecule has 0 saturated heterocycles. The van der Waals surface area contributed by atoms with E-state index < -0.39 is 17.3 Å². The molecule has 3 rings (SSSR count). The van der Waals surface area contributed by atoms with Crippen molar-refractivity contribution in [3.8, 4) is 5.75 Å². The summed E-state index contributed by atoms with van der Waals surface area (Å²) >= 11 is 0. The van der Waals surface area contributed by atoms with Crippen LogP contribution in [-0.4, -0.2) is 28.2 Å². The number of aromatic hydroxyl groups is 1. The lowest BCUT2D eigenvalue weighted by molar-refractivity contribution is -0.854. The van der Waals surface area contributed by atoms with E-state index in [2.05, 4.69) is 5.10 Å². The number of hydrogen-bond acceptors (Lipinski definition) is 4. The minimum Gasteiger partial charge on any atom is -1.00 e. The van der Waals surface area contributed by atoms with Crippen LogP contribution in [-0.2, 0) is 6.54 Å². The average Bonchev–Trinajstić information content (AvgIpc) is 2.52. The largest absolute Gasteiger partial charge is 1.00 e. The number of nitrogens with one attached hydrogen (secondary N) is 1. The smallest absolute Gasteiger partial charge is 0.338 e. The number of carboxylic acid groups (broad SMARTS) is 1. The Balaban J connectivity index is 0.00000208. The maximum atomic E-state index is 13.5. The van der Waals surface area contributed by atoms with Gasteiger partial charge >= 0.3 is 5.97 Å². The fourth-order valence-corrected chi connectivity index (χ4v) is 2.49. The summed E-state index contributed by atoms with van der Waals surface area (Å²) in [6.07, 6.45) is 1.15. The van der Waals surface area contributed by atoms with Crippen LogP contribution in [0.5, 0.6) is 5.75 Å². The normalized spacial score (nSPS) is 15.5. The van der Waals surface area contributed by atoms with Gasteiger partial charge in [0, 0.05) is 5.56 Å². The average molecular weight is 351 g/mol. The summed E-state index contributed by atoms with van der Waals surface area (Å²) in [5.41, 5.74) is 0.729. The van der Waals surface area contributed by atoms with Gasteiger partial charge in [-0.05, 0) is 24.3 Å². The number of carboxylic acids is 1. The van der Waals surface area contributed by atoms with Crippen molar-refractivity contribution in [1.82, 2.24) is 0 Å². The summed E-state index contributed by atoms with van der Waals surface area (Å²) in [7, 11) is 0.